The third kappa shape index (κ3) is 2.88. The summed E-state index contributed by atoms with van der Waals surface area (Å²) in [5.74, 6) is -0.0232. The topological polar surface area (TPSA) is 61.8 Å². The van der Waals surface area contributed by atoms with Crippen LogP contribution in [0, 0.1) is 0 Å². The van der Waals surface area contributed by atoms with E-state index >= 15 is 0 Å². The Morgan fingerprint density at radius 1 is 1.45 bits per heavy atom. The van der Waals surface area contributed by atoms with Gasteiger partial charge in [-0.05, 0) is 51.1 Å². The molecule has 0 aromatic heterocycles. The molecule has 20 heavy (non-hydrogen) atoms. The molecule has 1 heterocycles. The largest absolute Gasteiger partial charge is 0.497 e. The van der Waals surface area contributed by atoms with Crippen LogP contribution in [0.25, 0.3) is 0 Å². The Balaban J connectivity index is 2.18. The van der Waals surface area contributed by atoms with Crippen molar-refractivity contribution in [1.82, 2.24) is 4.90 Å². The van der Waals surface area contributed by atoms with Crippen LogP contribution in [0.1, 0.15) is 19.8 Å². The predicted octanol–water partition coefficient (Wildman–Crippen LogP) is 2.04. The zero-order valence-electron chi connectivity index (χ0n) is 12.2. The average molecular weight is 278 g/mol. The zero-order chi connectivity index (χ0) is 14.8. The number of anilines is 1. The standard InChI is InChI=1S/C15H22N2O3/c1-11-10-15(14(18)19,8-9-17(11)2)16-12-4-6-13(20-3)7-5-12/h4-7,11,16H,8-10H2,1-3H3,(H,18,19). The molecule has 2 rings (SSSR count). The van der Waals surface area contributed by atoms with Crippen molar-refractivity contribution in [3.8, 4) is 5.75 Å². The predicted molar refractivity (Wildman–Crippen MR) is 78.3 cm³/mol. The van der Waals surface area contributed by atoms with E-state index in [0.29, 0.717) is 12.8 Å². The molecule has 1 fully saturated rings. The summed E-state index contributed by atoms with van der Waals surface area (Å²) in [7, 11) is 3.64. The lowest BCUT2D eigenvalue weighted by molar-refractivity contribution is -0.144. The molecule has 0 radical (unpaired) electrons. The third-order valence-corrected chi connectivity index (χ3v) is 4.17. The Hall–Kier alpha value is -1.75. The monoisotopic (exact) mass is 278 g/mol. The van der Waals surface area contributed by atoms with Crippen LogP contribution in [0.15, 0.2) is 24.3 Å². The number of piperidine rings is 1. The minimum Gasteiger partial charge on any atom is -0.497 e. The molecule has 1 aromatic rings. The summed E-state index contributed by atoms with van der Waals surface area (Å²) in [4.78, 5) is 13.9. The van der Waals surface area contributed by atoms with Gasteiger partial charge < -0.3 is 20.1 Å². The number of methoxy groups -OCH3 is 1. The molecule has 5 heteroatoms. The summed E-state index contributed by atoms with van der Waals surface area (Å²) in [6.07, 6.45) is 1.18. The zero-order valence-corrected chi connectivity index (χ0v) is 12.2. The highest BCUT2D eigenvalue weighted by molar-refractivity contribution is 5.83. The Morgan fingerprint density at radius 3 is 2.60 bits per heavy atom. The first-order valence-electron chi connectivity index (χ1n) is 6.83. The van der Waals surface area contributed by atoms with Gasteiger partial charge in [0.05, 0.1) is 7.11 Å². The first-order chi connectivity index (χ1) is 9.47. The van der Waals surface area contributed by atoms with Crippen molar-refractivity contribution in [1.29, 1.82) is 0 Å². The van der Waals surface area contributed by atoms with Crippen molar-refractivity contribution in [3.63, 3.8) is 0 Å². The van der Waals surface area contributed by atoms with E-state index in [1.54, 1.807) is 7.11 Å². The summed E-state index contributed by atoms with van der Waals surface area (Å²) < 4.78 is 5.11. The Labute approximate surface area is 119 Å². The first kappa shape index (κ1) is 14.7. The molecule has 0 spiro atoms. The highest BCUT2D eigenvalue weighted by Gasteiger charge is 2.43. The molecule has 1 aromatic carbocycles. The van der Waals surface area contributed by atoms with Gasteiger partial charge in [0, 0.05) is 18.3 Å². The number of aliphatic carboxylic acids is 1. The number of nitrogens with zero attached hydrogens (tertiary/aromatic N) is 1. The number of carboxylic acid groups (broad SMARTS) is 1. The van der Waals surface area contributed by atoms with Crippen LogP contribution in [0.4, 0.5) is 5.69 Å². The molecule has 5 nitrogen and oxygen atoms in total. The van der Waals surface area contributed by atoms with E-state index in [0.717, 1.165) is 18.0 Å². The molecule has 0 amide bonds. The number of hydrogen-bond donors (Lipinski definition) is 2. The second-order valence-electron chi connectivity index (χ2n) is 5.52. The normalized spacial score (nSPS) is 27.1. The fourth-order valence-corrected chi connectivity index (χ4v) is 2.66. The van der Waals surface area contributed by atoms with Crippen LogP contribution in [0.5, 0.6) is 5.75 Å². The van der Waals surface area contributed by atoms with Gasteiger partial charge in [-0.1, -0.05) is 0 Å². The van der Waals surface area contributed by atoms with E-state index in [-0.39, 0.29) is 6.04 Å². The number of nitrogens with one attached hydrogen (secondary N) is 1. The number of hydrogen-bond acceptors (Lipinski definition) is 4. The molecule has 1 saturated heterocycles. The average Bonchev–Trinajstić information content (AvgIpc) is 2.44. The minimum atomic E-state index is -0.888. The van der Waals surface area contributed by atoms with E-state index in [2.05, 4.69) is 17.1 Å². The Bertz CT molecular complexity index is 475. The summed E-state index contributed by atoms with van der Waals surface area (Å²) in [6.45, 7) is 2.84. The van der Waals surface area contributed by atoms with Gasteiger partial charge in [-0.2, -0.15) is 0 Å². The molecular formula is C15H22N2O3. The highest BCUT2D eigenvalue weighted by atomic mass is 16.5. The van der Waals surface area contributed by atoms with E-state index in [9.17, 15) is 9.90 Å². The second-order valence-corrected chi connectivity index (χ2v) is 5.52. The van der Waals surface area contributed by atoms with Crippen molar-refractivity contribution < 1.29 is 14.6 Å². The number of likely N-dealkylation sites (tertiary alicyclic amines) is 1. The summed E-state index contributed by atoms with van der Waals surface area (Å²) in [5.41, 5.74) is -0.0782. The van der Waals surface area contributed by atoms with E-state index in [1.807, 2.05) is 31.3 Å². The lowest BCUT2D eigenvalue weighted by Crippen LogP contribution is -2.56. The number of carboxylic acids is 1. The van der Waals surface area contributed by atoms with Crippen molar-refractivity contribution in [2.75, 3.05) is 26.0 Å². The smallest absolute Gasteiger partial charge is 0.329 e. The lowest BCUT2D eigenvalue weighted by atomic mass is 9.83. The van der Waals surface area contributed by atoms with Crippen molar-refractivity contribution in [3.05, 3.63) is 24.3 Å². The van der Waals surface area contributed by atoms with Gasteiger partial charge in [0.1, 0.15) is 11.3 Å². The molecule has 0 bridgehead atoms. The number of rotatable bonds is 4. The van der Waals surface area contributed by atoms with Crippen LogP contribution >= 0.6 is 0 Å². The van der Waals surface area contributed by atoms with Crippen LogP contribution in [-0.4, -0.2) is 48.3 Å². The van der Waals surface area contributed by atoms with Crippen molar-refractivity contribution >= 4 is 11.7 Å². The van der Waals surface area contributed by atoms with Gasteiger partial charge in [-0.15, -0.1) is 0 Å². The maximum absolute atomic E-state index is 11.8. The van der Waals surface area contributed by atoms with Crippen molar-refractivity contribution in [2.24, 2.45) is 0 Å². The van der Waals surface area contributed by atoms with Gasteiger partial charge in [-0.25, -0.2) is 4.79 Å². The first-order valence-corrected chi connectivity index (χ1v) is 6.83. The van der Waals surface area contributed by atoms with E-state index < -0.39 is 11.5 Å². The maximum Gasteiger partial charge on any atom is 0.329 e. The molecule has 2 unspecified atom stereocenters. The molecular weight excluding hydrogens is 256 g/mol. The minimum absolute atomic E-state index is 0.241. The van der Waals surface area contributed by atoms with Gasteiger partial charge in [0.25, 0.3) is 0 Å². The van der Waals surface area contributed by atoms with Gasteiger partial charge in [-0.3, -0.25) is 0 Å². The molecule has 0 aliphatic carbocycles. The fraction of sp³-hybridized carbons (Fsp3) is 0.533. The van der Waals surface area contributed by atoms with E-state index in [4.69, 9.17) is 4.74 Å². The Morgan fingerprint density at radius 2 is 2.10 bits per heavy atom. The van der Waals surface area contributed by atoms with Crippen LogP contribution in [-0.2, 0) is 4.79 Å². The quantitative estimate of drug-likeness (QED) is 0.882. The maximum atomic E-state index is 11.8. The van der Waals surface area contributed by atoms with Crippen LogP contribution in [0.3, 0.4) is 0 Å². The molecule has 2 atom stereocenters. The third-order valence-electron chi connectivity index (χ3n) is 4.17. The Kier molecular flexibility index (Phi) is 4.18. The highest BCUT2D eigenvalue weighted by Crippen LogP contribution is 2.30. The number of ether oxygens (including phenoxy) is 1. The van der Waals surface area contributed by atoms with Crippen LogP contribution < -0.4 is 10.1 Å². The summed E-state index contributed by atoms with van der Waals surface area (Å²) in [5, 5.41) is 12.9. The molecule has 1 aliphatic heterocycles. The van der Waals surface area contributed by atoms with Gasteiger partial charge >= 0.3 is 5.97 Å². The molecule has 1 aliphatic rings. The van der Waals surface area contributed by atoms with Crippen LogP contribution in [0.2, 0.25) is 0 Å². The van der Waals surface area contributed by atoms with Crippen molar-refractivity contribution in [2.45, 2.75) is 31.3 Å². The van der Waals surface area contributed by atoms with E-state index in [1.165, 1.54) is 0 Å². The lowest BCUT2D eigenvalue weighted by Gasteiger charge is -2.42. The SMILES string of the molecule is COc1ccc(NC2(C(=O)O)CCN(C)C(C)C2)cc1. The van der Waals surface area contributed by atoms with Gasteiger partial charge in [0.2, 0.25) is 0 Å². The fourth-order valence-electron chi connectivity index (χ4n) is 2.66. The second kappa shape index (κ2) is 5.71. The number of benzene rings is 1. The van der Waals surface area contributed by atoms with Gasteiger partial charge in [0.15, 0.2) is 0 Å². The molecule has 0 saturated carbocycles. The summed E-state index contributed by atoms with van der Waals surface area (Å²) >= 11 is 0. The number of carbonyl (C=O) groups is 1. The molecule has 2 N–H and O–H groups in total. The molecule has 110 valence electrons. The summed E-state index contributed by atoms with van der Waals surface area (Å²) in [6, 6.07) is 7.61.